The third kappa shape index (κ3) is 3.91. The topological polar surface area (TPSA) is 84.2 Å². The molecule has 2 heterocycles. The maximum atomic E-state index is 12.1. The van der Waals surface area contributed by atoms with Crippen molar-refractivity contribution >= 4 is 28.3 Å². The van der Waals surface area contributed by atoms with Crippen LogP contribution in [0.15, 0.2) is 17.5 Å². The van der Waals surface area contributed by atoms with Gasteiger partial charge in [-0.25, -0.2) is 4.98 Å². The van der Waals surface area contributed by atoms with Crippen molar-refractivity contribution in [3.8, 4) is 0 Å². The zero-order chi connectivity index (χ0) is 15.4. The van der Waals surface area contributed by atoms with Gasteiger partial charge in [0.25, 0.3) is 5.91 Å². The lowest BCUT2D eigenvalue weighted by molar-refractivity contribution is -0.137. The molecule has 0 saturated heterocycles. The molecule has 0 atom stereocenters. The van der Waals surface area contributed by atoms with Crippen LogP contribution in [0.4, 0.5) is 5.13 Å². The Kier molecular flexibility index (Phi) is 4.74. The van der Waals surface area contributed by atoms with Gasteiger partial charge < -0.3 is 9.67 Å². The van der Waals surface area contributed by atoms with Gasteiger partial charge in [0, 0.05) is 24.5 Å². The SMILES string of the molecule is Cc1ccc(C(=O)Nc2nc(CCCC(=O)O)cs2)n1C. The largest absolute Gasteiger partial charge is 0.481 e. The predicted octanol–water partition coefficient (Wildman–Crippen LogP) is 2.45. The van der Waals surface area contributed by atoms with Crippen molar-refractivity contribution in [2.45, 2.75) is 26.2 Å². The number of nitrogens with zero attached hydrogens (tertiary/aromatic N) is 2. The Bertz CT molecular complexity index is 660. The lowest BCUT2D eigenvalue weighted by Gasteiger charge is -2.04. The molecule has 0 aliphatic rings. The Hall–Kier alpha value is -2.15. The van der Waals surface area contributed by atoms with Crippen molar-refractivity contribution in [1.29, 1.82) is 0 Å². The Labute approximate surface area is 126 Å². The number of hydrogen-bond donors (Lipinski definition) is 2. The molecule has 0 spiro atoms. The molecule has 2 aromatic rings. The maximum Gasteiger partial charge on any atom is 0.303 e. The zero-order valence-electron chi connectivity index (χ0n) is 11.9. The van der Waals surface area contributed by atoms with Crippen molar-refractivity contribution in [2.24, 2.45) is 7.05 Å². The lowest BCUT2D eigenvalue weighted by Crippen LogP contribution is -2.15. The fraction of sp³-hybridized carbons (Fsp3) is 0.357. The minimum absolute atomic E-state index is 0.127. The molecule has 6 nitrogen and oxygen atoms in total. The number of amides is 1. The molecule has 0 aromatic carbocycles. The number of nitrogens with one attached hydrogen (secondary N) is 1. The molecule has 0 aliphatic heterocycles. The molecule has 7 heteroatoms. The summed E-state index contributed by atoms with van der Waals surface area (Å²) in [4.78, 5) is 26.9. The molecule has 0 aliphatic carbocycles. The first-order chi connectivity index (χ1) is 9.97. The van der Waals surface area contributed by atoms with Gasteiger partial charge in [-0.05, 0) is 31.9 Å². The lowest BCUT2D eigenvalue weighted by atomic mass is 10.2. The minimum atomic E-state index is -0.808. The summed E-state index contributed by atoms with van der Waals surface area (Å²) in [6, 6.07) is 3.65. The molecule has 0 saturated carbocycles. The Morgan fingerprint density at radius 1 is 1.43 bits per heavy atom. The van der Waals surface area contributed by atoms with E-state index in [2.05, 4.69) is 10.3 Å². The number of aromatic nitrogens is 2. The zero-order valence-corrected chi connectivity index (χ0v) is 12.7. The highest BCUT2D eigenvalue weighted by molar-refractivity contribution is 7.13. The van der Waals surface area contributed by atoms with Crippen LogP contribution in [0.5, 0.6) is 0 Å². The van der Waals surface area contributed by atoms with Crippen LogP contribution in [0, 0.1) is 6.92 Å². The molecule has 21 heavy (non-hydrogen) atoms. The standard InChI is InChI=1S/C14H17N3O3S/c1-9-6-7-11(17(9)2)13(20)16-14-15-10(8-21-14)4-3-5-12(18)19/h6-8H,3-5H2,1-2H3,(H,18,19)(H,15,16,20). The fourth-order valence-corrected chi connectivity index (χ4v) is 2.64. The summed E-state index contributed by atoms with van der Waals surface area (Å²) in [5.41, 5.74) is 2.39. The normalized spacial score (nSPS) is 10.6. The molecular formula is C14H17N3O3S. The first-order valence-corrected chi connectivity index (χ1v) is 7.45. The van der Waals surface area contributed by atoms with E-state index in [0.717, 1.165) is 11.4 Å². The van der Waals surface area contributed by atoms with Gasteiger partial charge in [0.05, 0.1) is 5.69 Å². The van der Waals surface area contributed by atoms with Crippen molar-refractivity contribution in [2.75, 3.05) is 5.32 Å². The van der Waals surface area contributed by atoms with Gasteiger partial charge in [0.15, 0.2) is 5.13 Å². The monoisotopic (exact) mass is 307 g/mol. The van der Waals surface area contributed by atoms with Gasteiger partial charge in [-0.2, -0.15) is 0 Å². The van der Waals surface area contributed by atoms with Crippen LogP contribution in [0.3, 0.4) is 0 Å². The first kappa shape index (κ1) is 15.2. The number of carbonyl (C=O) groups is 2. The number of anilines is 1. The number of rotatable bonds is 6. The van der Waals surface area contributed by atoms with E-state index in [-0.39, 0.29) is 12.3 Å². The fourth-order valence-electron chi connectivity index (χ4n) is 1.90. The van der Waals surface area contributed by atoms with E-state index < -0.39 is 5.97 Å². The second-order valence-electron chi connectivity index (χ2n) is 4.76. The van der Waals surface area contributed by atoms with E-state index in [4.69, 9.17) is 5.11 Å². The van der Waals surface area contributed by atoms with Crippen molar-refractivity contribution in [3.05, 3.63) is 34.6 Å². The van der Waals surface area contributed by atoms with Gasteiger partial charge in [-0.15, -0.1) is 11.3 Å². The van der Waals surface area contributed by atoms with Gasteiger partial charge in [-0.3, -0.25) is 14.9 Å². The van der Waals surface area contributed by atoms with Crippen LogP contribution in [0.25, 0.3) is 0 Å². The summed E-state index contributed by atoms with van der Waals surface area (Å²) in [5, 5.41) is 13.7. The number of carbonyl (C=O) groups excluding carboxylic acids is 1. The molecular weight excluding hydrogens is 290 g/mol. The number of aliphatic carboxylic acids is 1. The van der Waals surface area contributed by atoms with Crippen molar-refractivity contribution in [3.63, 3.8) is 0 Å². The minimum Gasteiger partial charge on any atom is -0.481 e. The number of hydrogen-bond acceptors (Lipinski definition) is 4. The Balaban J connectivity index is 1.94. The Morgan fingerprint density at radius 3 is 2.81 bits per heavy atom. The van der Waals surface area contributed by atoms with Crippen LogP contribution in [0.2, 0.25) is 0 Å². The summed E-state index contributed by atoms with van der Waals surface area (Å²) in [6.07, 6.45) is 1.27. The van der Waals surface area contributed by atoms with E-state index in [9.17, 15) is 9.59 Å². The second kappa shape index (κ2) is 6.53. The molecule has 0 bridgehead atoms. The van der Waals surface area contributed by atoms with Gasteiger partial charge in [-0.1, -0.05) is 0 Å². The van der Waals surface area contributed by atoms with E-state index in [1.807, 2.05) is 30.0 Å². The van der Waals surface area contributed by atoms with Crippen molar-refractivity contribution < 1.29 is 14.7 Å². The van der Waals surface area contributed by atoms with E-state index in [1.54, 1.807) is 6.07 Å². The number of aryl methyl sites for hydroxylation is 2. The van der Waals surface area contributed by atoms with Gasteiger partial charge >= 0.3 is 5.97 Å². The molecule has 1 amide bonds. The average molecular weight is 307 g/mol. The Morgan fingerprint density at radius 2 is 2.19 bits per heavy atom. The summed E-state index contributed by atoms with van der Waals surface area (Å²) in [7, 11) is 1.84. The number of carboxylic acids is 1. The van der Waals surface area contributed by atoms with Crippen LogP contribution in [0.1, 0.15) is 34.7 Å². The maximum absolute atomic E-state index is 12.1. The number of carboxylic acid groups (broad SMARTS) is 1. The highest BCUT2D eigenvalue weighted by Crippen LogP contribution is 2.18. The molecule has 0 unspecified atom stereocenters. The van der Waals surface area contributed by atoms with Crippen molar-refractivity contribution in [1.82, 2.24) is 9.55 Å². The van der Waals surface area contributed by atoms with E-state index in [1.165, 1.54) is 11.3 Å². The molecule has 112 valence electrons. The number of thiazole rings is 1. The third-order valence-electron chi connectivity index (χ3n) is 3.20. The van der Waals surface area contributed by atoms with Gasteiger partial charge in [0.2, 0.25) is 0 Å². The van der Waals surface area contributed by atoms with Gasteiger partial charge in [0.1, 0.15) is 5.69 Å². The molecule has 2 N–H and O–H groups in total. The smallest absolute Gasteiger partial charge is 0.303 e. The highest BCUT2D eigenvalue weighted by atomic mass is 32.1. The molecule has 0 radical (unpaired) electrons. The van der Waals surface area contributed by atoms with E-state index >= 15 is 0 Å². The molecule has 2 aromatic heterocycles. The van der Waals surface area contributed by atoms with E-state index in [0.29, 0.717) is 23.7 Å². The van der Waals surface area contributed by atoms with Crippen LogP contribution in [-0.4, -0.2) is 26.5 Å². The average Bonchev–Trinajstić information content (AvgIpc) is 2.98. The quantitative estimate of drug-likeness (QED) is 0.858. The second-order valence-corrected chi connectivity index (χ2v) is 5.62. The summed E-state index contributed by atoms with van der Waals surface area (Å²) < 4.78 is 1.82. The molecule has 2 rings (SSSR count). The predicted molar refractivity (Wildman–Crippen MR) is 80.8 cm³/mol. The van der Waals surface area contributed by atoms with Crippen LogP contribution >= 0.6 is 11.3 Å². The first-order valence-electron chi connectivity index (χ1n) is 6.57. The van der Waals surface area contributed by atoms with Crippen LogP contribution in [-0.2, 0) is 18.3 Å². The van der Waals surface area contributed by atoms with Crippen LogP contribution < -0.4 is 5.32 Å². The highest BCUT2D eigenvalue weighted by Gasteiger charge is 2.13. The summed E-state index contributed by atoms with van der Waals surface area (Å²) in [5.74, 6) is -1.00. The molecule has 0 fully saturated rings. The summed E-state index contributed by atoms with van der Waals surface area (Å²) in [6.45, 7) is 1.93. The third-order valence-corrected chi connectivity index (χ3v) is 4.01. The summed E-state index contributed by atoms with van der Waals surface area (Å²) >= 11 is 1.34.